The molecule has 1 aromatic rings. The maximum absolute atomic E-state index is 11.9. The van der Waals surface area contributed by atoms with Crippen LogP contribution in [-0.2, 0) is 19.4 Å². The second-order valence-corrected chi connectivity index (χ2v) is 6.41. The predicted molar refractivity (Wildman–Crippen MR) is 71.0 cm³/mol. The summed E-state index contributed by atoms with van der Waals surface area (Å²) in [6.07, 6.45) is 0.926. The number of nitrogens with zero attached hydrogens (tertiary/aromatic N) is 1. The maximum Gasteiger partial charge on any atom is 0.337 e. The van der Waals surface area contributed by atoms with Gasteiger partial charge in [0.05, 0.1) is 12.7 Å². The molecule has 0 saturated carbocycles. The van der Waals surface area contributed by atoms with Crippen molar-refractivity contribution in [3.05, 3.63) is 46.9 Å². The van der Waals surface area contributed by atoms with E-state index in [1.807, 2.05) is 0 Å². The molecule has 104 valence electrons. The van der Waals surface area contributed by atoms with Gasteiger partial charge in [-0.1, -0.05) is 17.3 Å². The second-order valence-electron chi connectivity index (χ2n) is 4.45. The molecule has 0 saturated heterocycles. The molecule has 2 aliphatic heterocycles. The number of oxime groups is 1. The highest BCUT2D eigenvalue weighted by Crippen LogP contribution is 2.30. The zero-order valence-electron chi connectivity index (χ0n) is 10.5. The number of esters is 1. The zero-order chi connectivity index (χ0) is 14.3. The van der Waals surface area contributed by atoms with E-state index in [4.69, 9.17) is 4.84 Å². The van der Waals surface area contributed by atoms with Gasteiger partial charge in [-0.05, 0) is 18.2 Å². The molecule has 0 fully saturated rings. The van der Waals surface area contributed by atoms with Gasteiger partial charge in [0.1, 0.15) is 5.71 Å². The maximum atomic E-state index is 11.9. The number of carbonyl (C=O) groups is 1. The number of benzene rings is 1. The minimum absolute atomic E-state index is 0.358. The molecule has 1 aromatic carbocycles. The number of fused-ring (bicyclic) bond motifs is 1. The summed E-state index contributed by atoms with van der Waals surface area (Å²) in [4.78, 5) is 16.5. The Bertz CT molecular complexity index is 718. The quantitative estimate of drug-likeness (QED) is 0.756. The van der Waals surface area contributed by atoms with E-state index < -0.39 is 27.2 Å². The van der Waals surface area contributed by atoms with E-state index in [1.165, 1.54) is 13.2 Å². The lowest BCUT2D eigenvalue weighted by atomic mass is 10.0. The average molecular weight is 293 g/mol. The van der Waals surface area contributed by atoms with Gasteiger partial charge < -0.3 is 9.57 Å². The Hall–Kier alpha value is -2.15. The van der Waals surface area contributed by atoms with E-state index in [2.05, 4.69) is 9.89 Å². The first-order valence-corrected chi connectivity index (χ1v) is 7.48. The number of methoxy groups -OCH3 is 1. The zero-order valence-corrected chi connectivity index (χ0v) is 11.3. The molecule has 2 heterocycles. The highest BCUT2D eigenvalue weighted by atomic mass is 32.2. The normalized spacial score (nSPS) is 25.8. The molecule has 0 N–H and O–H groups in total. The molecule has 20 heavy (non-hydrogen) atoms. The first-order chi connectivity index (χ1) is 9.53. The van der Waals surface area contributed by atoms with E-state index in [0.29, 0.717) is 16.8 Å². The van der Waals surface area contributed by atoms with Crippen molar-refractivity contribution >= 4 is 21.5 Å². The third-order valence-electron chi connectivity index (χ3n) is 3.25. The summed E-state index contributed by atoms with van der Waals surface area (Å²) in [5, 5.41) is 4.20. The Labute approximate surface area is 115 Å². The van der Waals surface area contributed by atoms with Gasteiger partial charge in [0, 0.05) is 11.0 Å². The fraction of sp³-hybridized carbons (Fsp3) is 0.231. The topological polar surface area (TPSA) is 82.0 Å². The SMILES string of the molecule is COC(=O)c1ccc(C2=NO[C@H]3C=CS(=O)(=O)[C@@H]23)cc1. The van der Waals surface area contributed by atoms with Crippen LogP contribution in [0.5, 0.6) is 0 Å². The van der Waals surface area contributed by atoms with E-state index in [-0.39, 0.29) is 0 Å². The monoisotopic (exact) mass is 293 g/mol. The van der Waals surface area contributed by atoms with Crippen LogP contribution >= 0.6 is 0 Å². The third-order valence-corrected chi connectivity index (χ3v) is 4.99. The van der Waals surface area contributed by atoms with Gasteiger partial charge in [-0.3, -0.25) is 0 Å². The molecule has 0 bridgehead atoms. The molecular formula is C13H11NO5S. The fourth-order valence-electron chi connectivity index (χ4n) is 2.24. The molecule has 2 atom stereocenters. The van der Waals surface area contributed by atoms with Crippen LogP contribution in [0.3, 0.4) is 0 Å². The van der Waals surface area contributed by atoms with Crippen molar-refractivity contribution in [1.29, 1.82) is 0 Å². The lowest BCUT2D eigenvalue weighted by molar-refractivity contribution is 0.0600. The number of hydrogen-bond acceptors (Lipinski definition) is 6. The summed E-state index contributed by atoms with van der Waals surface area (Å²) in [5.74, 6) is -0.450. The molecule has 2 aliphatic rings. The molecule has 0 unspecified atom stereocenters. The summed E-state index contributed by atoms with van der Waals surface area (Å²) in [7, 11) is -2.08. The van der Waals surface area contributed by atoms with Gasteiger partial charge in [-0.25, -0.2) is 13.2 Å². The molecule has 7 heteroatoms. The van der Waals surface area contributed by atoms with Gasteiger partial charge >= 0.3 is 5.97 Å². The summed E-state index contributed by atoms with van der Waals surface area (Å²) >= 11 is 0. The highest BCUT2D eigenvalue weighted by Gasteiger charge is 2.46. The number of hydrogen-bond donors (Lipinski definition) is 0. The Morgan fingerprint density at radius 3 is 2.65 bits per heavy atom. The molecule has 0 aliphatic carbocycles. The Morgan fingerprint density at radius 1 is 1.30 bits per heavy atom. The second kappa shape index (κ2) is 4.45. The fourth-order valence-corrected chi connectivity index (χ4v) is 3.79. The van der Waals surface area contributed by atoms with Crippen molar-refractivity contribution in [2.24, 2.45) is 5.16 Å². The predicted octanol–water partition coefficient (Wildman–Crippen LogP) is 0.887. The summed E-state index contributed by atoms with van der Waals surface area (Å²) in [5.41, 5.74) is 1.36. The molecule has 0 aromatic heterocycles. The van der Waals surface area contributed by atoms with Crippen LogP contribution in [-0.4, -0.2) is 38.6 Å². The van der Waals surface area contributed by atoms with Gasteiger partial charge in [0.25, 0.3) is 0 Å². The minimum atomic E-state index is -3.38. The van der Waals surface area contributed by atoms with Crippen molar-refractivity contribution in [3.8, 4) is 0 Å². The van der Waals surface area contributed by atoms with Crippen LogP contribution in [0.1, 0.15) is 15.9 Å². The first kappa shape index (κ1) is 12.9. The molecular weight excluding hydrogens is 282 g/mol. The number of carbonyl (C=O) groups excluding carboxylic acids is 1. The number of sulfone groups is 1. The standard InChI is InChI=1S/C13H11NO5S/c1-18-13(15)9-4-2-8(3-5-9)11-12-10(19-14-11)6-7-20(12,16)17/h2-7,10,12H,1H3/t10-,12+/m0/s1. The lowest BCUT2D eigenvalue weighted by Crippen LogP contribution is -2.31. The van der Waals surface area contributed by atoms with Gasteiger partial charge in [-0.2, -0.15) is 0 Å². The largest absolute Gasteiger partial charge is 0.465 e. The van der Waals surface area contributed by atoms with Crippen molar-refractivity contribution in [3.63, 3.8) is 0 Å². The van der Waals surface area contributed by atoms with Gasteiger partial charge in [0.2, 0.25) is 0 Å². The summed E-state index contributed by atoms with van der Waals surface area (Å²) < 4.78 is 28.5. The van der Waals surface area contributed by atoms with Crippen molar-refractivity contribution < 1.29 is 22.8 Å². The average Bonchev–Trinajstić information content (AvgIpc) is 3.00. The summed E-state index contributed by atoms with van der Waals surface area (Å²) in [6, 6.07) is 6.38. The third kappa shape index (κ3) is 1.90. The molecule has 3 rings (SSSR count). The van der Waals surface area contributed by atoms with Crippen LogP contribution in [0.25, 0.3) is 0 Å². The Balaban J connectivity index is 1.93. The highest BCUT2D eigenvalue weighted by molar-refractivity contribution is 7.96. The minimum Gasteiger partial charge on any atom is -0.465 e. The molecule has 0 spiro atoms. The van der Waals surface area contributed by atoms with E-state index in [0.717, 1.165) is 5.41 Å². The molecule has 0 radical (unpaired) electrons. The van der Waals surface area contributed by atoms with Crippen molar-refractivity contribution in [2.45, 2.75) is 11.4 Å². The molecule has 6 nitrogen and oxygen atoms in total. The molecule has 0 amide bonds. The van der Waals surface area contributed by atoms with E-state index in [1.54, 1.807) is 24.3 Å². The Morgan fingerprint density at radius 2 is 2.00 bits per heavy atom. The van der Waals surface area contributed by atoms with E-state index >= 15 is 0 Å². The number of rotatable bonds is 2. The smallest absolute Gasteiger partial charge is 0.337 e. The van der Waals surface area contributed by atoms with Crippen molar-refractivity contribution in [2.75, 3.05) is 7.11 Å². The van der Waals surface area contributed by atoms with Crippen LogP contribution in [0.4, 0.5) is 0 Å². The first-order valence-electron chi connectivity index (χ1n) is 5.87. The van der Waals surface area contributed by atoms with E-state index in [9.17, 15) is 13.2 Å². The Kier molecular flexibility index (Phi) is 2.86. The number of ether oxygens (including phenoxy) is 1. The van der Waals surface area contributed by atoms with Gasteiger partial charge in [0.15, 0.2) is 21.2 Å². The lowest BCUT2D eigenvalue weighted by Gasteiger charge is -2.09. The summed E-state index contributed by atoms with van der Waals surface area (Å²) in [6.45, 7) is 0. The van der Waals surface area contributed by atoms with Crippen molar-refractivity contribution in [1.82, 2.24) is 0 Å². The van der Waals surface area contributed by atoms with Crippen LogP contribution in [0, 0.1) is 0 Å². The van der Waals surface area contributed by atoms with Crippen LogP contribution in [0.15, 0.2) is 40.9 Å². The van der Waals surface area contributed by atoms with Crippen LogP contribution < -0.4 is 0 Å². The van der Waals surface area contributed by atoms with Gasteiger partial charge in [-0.15, -0.1) is 0 Å². The van der Waals surface area contributed by atoms with Crippen LogP contribution in [0.2, 0.25) is 0 Å².